The third-order valence-corrected chi connectivity index (χ3v) is 2.56. The molecule has 13 heavy (non-hydrogen) atoms. The molecule has 6 heteroatoms. The molecule has 0 radical (unpaired) electrons. The zero-order chi connectivity index (χ0) is 10.4. The highest BCUT2D eigenvalue weighted by atomic mass is 32.2. The van der Waals surface area contributed by atoms with E-state index in [-0.39, 0.29) is 23.8 Å². The molecule has 0 bridgehead atoms. The van der Waals surface area contributed by atoms with Crippen LogP contribution in [0.1, 0.15) is 6.42 Å². The summed E-state index contributed by atoms with van der Waals surface area (Å²) in [4.78, 5) is 22.5. The lowest BCUT2D eigenvalue weighted by molar-refractivity contribution is -0.134. The molecule has 0 fully saturated rings. The van der Waals surface area contributed by atoms with Crippen molar-refractivity contribution in [3.8, 4) is 0 Å². The van der Waals surface area contributed by atoms with E-state index in [0.29, 0.717) is 0 Å². The summed E-state index contributed by atoms with van der Waals surface area (Å²) in [5.74, 6) is -1.52. The Bertz CT molecular complexity index is 227. The molecule has 5 nitrogen and oxygen atoms in total. The Morgan fingerprint density at radius 2 is 1.92 bits per heavy atom. The first-order chi connectivity index (χ1) is 5.93. The lowest BCUT2D eigenvalue weighted by atomic mass is 10.4. The second-order valence-electron chi connectivity index (χ2n) is 2.72. The van der Waals surface area contributed by atoms with Gasteiger partial charge in [0, 0.05) is 37.1 Å². The van der Waals surface area contributed by atoms with Crippen LogP contribution in [0.4, 0.5) is 0 Å². The van der Waals surface area contributed by atoms with Crippen LogP contribution in [-0.2, 0) is 20.4 Å². The van der Waals surface area contributed by atoms with Crippen LogP contribution in [0.15, 0.2) is 0 Å². The van der Waals surface area contributed by atoms with E-state index in [4.69, 9.17) is 5.11 Å². The van der Waals surface area contributed by atoms with E-state index in [0.717, 1.165) is 0 Å². The summed E-state index contributed by atoms with van der Waals surface area (Å²) in [7, 11) is 1.77. The maximum absolute atomic E-state index is 11.0. The molecule has 0 rings (SSSR count). The number of aliphatic carboxylic acids is 1. The minimum Gasteiger partial charge on any atom is -0.481 e. The number of rotatable bonds is 5. The van der Waals surface area contributed by atoms with Gasteiger partial charge in [0.05, 0.1) is 0 Å². The van der Waals surface area contributed by atoms with Gasteiger partial charge >= 0.3 is 5.97 Å². The number of carboxylic acids is 1. The summed E-state index contributed by atoms with van der Waals surface area (Å²) in [6.45, 7) is 0. The number of hydrogen-bond acceptors (Lipinski definition) is 3. The Labute approximate surface area is 79.2 Å². The minimum absolute atomic E-state index is 0.114. The standard InChI is InChI=1S/C7H13NO4S/c1-8(2)6(9)3-4-13(12)5-7(10)11/h3-5H2,1-2H3,(H,10,11). The van der Waals surface area contributed by atoms with E-state index in [1.54, 1.807) is 14.1 Å². The van der Waals surface area contributed by atoms with E-state index < -0.39 is 16.8 Å². The van der Waals surface area contributed by atoms with Gasteiger partial charge in [-0.1, -0.05) is 0 Å². The Kier molecular flexibility index (Phi) is 5.29. The molecule has 0 aliphatic heterocycles. The maximum Gasteiger partial charge on any atom is 0.316 e. The first kappa shape index (κ1) is 12.1. The highest BCUT2D eigenvalue weighted by Crippen LogP contribution is 1.92. The maximum atomic E-state index is 11.0. The molecular weight excluding hydrogens is 194 g/mol. The summed E-state index contributed by atoms with van der Waals surface area (Å²) in [5.41, 5.74) is 0. The summed E-state index contributed by atoms with van der Waals surface area (Å²) < 4.78 is 10.9. The van der Waals surface area contributed by atoms with Crippen molar-refractivity contribution in [3.63, 3.8) is 0 Å². The fourth-order valence-corrected chi connectivity index (χ4v) is 1.46. The number of amides is 1. The van der Waals surface area contributed by atoms with Crippen molar-refractivity contribution in [2.24, 2.45) is 0 Å². The van der Waals surface area contributed by atoms with Gasteiger partial charge in [0.1, 0.15) is 5.75 Å². The second-order valence-corrected chi connectivity index (χ2v) is 4.30. The van der Waals surface area contributed by atoms with Crippen molar-refractivity contribution in [2.75, 3.05) is 25.6 Å². The van der Waals surface area contributed by atoms with Gasteiger partial charge in [0.15, 0.2) is 0 Å². The van der Waals surface area contributed by atoms with Gasteiger partial charge in [-0.3, -0.25) is 13.8 Å². The molecule has 0 aromatic rings. The van der Waals surface area contributed by atoms with Crippen LogP contribution in [0.25, 0.3) is 0 Å². The second kappa shape index (κ2) is 5.69. The summed E-state index contributed by atoms with van der Waals surface area (Å²) in [5, 5.41) is 8.27. The molecule has 0 aliphatic carbocycles. The first-order valence-electron chi connectivity index (χ1n) is 3.70. The highest BCUT2D eigenvalue weighted by molar-refractivity contribution is 7.85. The Morgan fingerprint density at radius 1 is 1.38 bits per heavy atom. The largest absolute Gasteiger partial charge is 0.481 e. The average molecular weight is 207 g/mol. The molecule has 0 aliphatic rings. The van der Waals surface area contributed by atoms with Crippen molar-refractivity contribution in [2.45, 2.75) is 6.42 Å². The Morgan fingerprint density at radius 3 is 2.31 bits per heavy atom. The van der Waals surface area contributed by atoms with Crippen molar-refractivity contribution in [3.05, 3.63) is 0 Å². The molecule has 0 saturated carbocycles. The normalized spacial score (nSPS) is 12.2. The van der Waals surface area contributed by atoms with Crippen molar-refractivity contribution < 1.29 is 18.9 Å². The van der Waals surface area contributed by atoms with Crippen molar-refractivity contribution >= 4 is 22.7 Å². The number of carboxylic acid groups (broad SMARTS) is 1. The van der Waals surface area contributed by atoms with Gasteiger partial charge in [-0.25, -0.2) is 0 Å². The van der Waals surface area contributed by atoms with Crippen LogP contribution in [0, 0.1) is 0 Å². The predicted molar refractivity (Wildman–Crippen MR) is 48.8 cm³/mol. The quantitative estimate of drug-likeness (QED) is 0.646. The predicted octanol–water partition coefficient (Wildman–Crippen LogP) is -0.702. The summed E-state index contributed by atoms with van der Waals surface area (Å²) >= 11 is 0. The number of carbonyl (C=O) groups excluding carboxylic acids is 1. The van der Waals surface area contributed by atoms with Gasteiger partial charge < -0.3 is 10.0 Å². The van der Waals surface area contributed by atoms with Crippen molar-refractivity contribution in [1.82, 2.24) is 4.90 Å². The molecule has 1 amide bonds. The van der Waals surface area contributed by atoms with E-state index >= 15 is 0 Å². The topological polar surface area (TPSA) is 74.7 Å². The number of carbonyl (C=O) groups is 2. The Hall–Kier alpha value is -0.910. The van der Waals surface area contributed by atoms with E-state index in [1.807, 2.05) is 0 Å². The lowest BCUT2D eigenvalue weighted by Gasteiger charge is -2.08. The van der Waals surface area contributed by atoms with Gasteiger partial charge in [-0.15, -0.1) is 0 Å². The third kappa shape index (κ3) is 6.27. The molecule has 1 atom stereocenters. The molecule has 76 valence electrons. The number of nitrogens with zero attached hydrogens (tertiary/aromatic N) is 1. The van der Waals surface area contributed by atoms with Gasteiger partial charge in [0.25, 0.3) is 0 Å². The smallest absolute Gasteiger partial charge is 0.316 e. The summed E-state index contributed by atoms with van der Waals surface area (Å²) in [6, 6.07) is 0. The van der Waals surface area contributed by atoms with Crippen molar-refractivity contribution in [1.29, 1.82) is 0 Å². The van der Waals surface area contributed by atoms with Crippen LogP contribution in [0.2, 0.25) is 0 Å². The van der Waals surface area contributed by atoms with Crippen LogP contribution in [0.5, 0.6) is 0 Å². The van der Waals surface area contributed by atoms with Crippen LogP contribution in [-0.4, -0.2) is 51.7 Å². The summed E-state index contributed by atoms with van der Waals surface area (Å²) in [6.07, 6.45) is 0.132. The molecule has 0 aromatic heterocycles. The van der Waals surface area contributed by atoms with Gasteiger partial charge in [0.2, 0.25) is 5.91 Å². The van der Waals surface area contributed by atoms with E-state index in [1.165, 1.54) is 4.90 Å². The minimum atomic E-state index is -1.43. The zero-order valence-electron chi connectivity index (χ0n) is 7.65. The highest BCUT2D eigenvalue weighted by Gasteiger charge is 2.09. The lowest BCUT2D eigenvalue weighted by Crippen LogP contribution is -2.24. The van der Waals surface area contributed by atoms with Crippen LogP contribution in [0.3, 0.4) is 0 Å². The van der Waals surface area contributed by atoms with E-state index in [9.17, 15) is 13.8 Å². The number of hydrogen-bond donors (Lipinski definition) is 1. The van der Waals surface area contributed by atoms with Gasteiger partial charge in [-0.2, -0.15) is 0 Å². The van der Waals surface area contributed by atoms with Crippen LogP contribution >= 0.6 is 0 Å². The molecule has 1 unspecified atom stereocenters. The molecule has 0 saturated heterocycles. The van der Waals surface area contributed by atoms with Crippen LogP contribution < -0.4 is 0 Å². The van der Waals surface area contributed by atoms with Gasteiger partial charge in [-0.05, 0) is 0 Å². The first-order valence-corrected chi connectivity index (χ1v) is 5.19. The SMILES string of the molecule is CN(C)C(=O)CCS(=O)CC(=O)O. The molecule has 0 spiro atoms. The molecule has 0 heterocycles. The average Bonchev–Trinajstić information content (AvgIpc) is 1.98. The van der Waals surface area contributed by atoms with E-state index in [2.05, 4.69) is 0 Å². The molecular formula is C7H13NO4S. The fraction of sp³-hybridized carbons (Fsp3) is 0.714. The fourth-order valence-electron chi connectivity index (χ4n) is 0.635. The Balaban J connectivity index is 3.70. The zero-order valence-corrected chi connectivity index (χ0v) is 8.47. The monoisotopic (exact) mass is 207 g/mol. The molecule has 0 aromatic carbocycles. The molecule has 1 N–H and O–H groups in total. The third-order valence-electron chi connectivity index (χ3n) is 1.33.